The van der Waals surface area contributed by atoms with Gasteiger partial charge >= 0.3 is 5.76 Å². The van der Waals surface area contributed by atoms with Crippen molar-refractivity contribution in [3.05, 3.63) is 57.5 Å². The van der Waals surface area contributed by atoms with E-state index in [4.69, 9.17) is 16.0 Å². The number of rotatable bonds is 2. The van der Waals surface area contributed by atoms with Crippen LogP contribution in [0.2, 0.25) is 5.02 Å². The van der Waals surface area contributed by atoms with E-state index in [0.717, 1.165) is 0 Å². The summed E-state index contributed by atoms with van der Waals surface area (Å²) in [5, 5.41) is 0.363. The number of aromatic nitrogens is 1. The largest absolute Gasteiger partial charge is 0.417 e. The third-order valence-electron chi connectivity index (χ3n) is 4.05. The molecule has 3 aromatic rings. The van der Waals surface area contributed by atoms with Crippen LogP contribution in [0.15, 0.2) is 50.5 Å². The number of carbonyl (C=O) groups is 1. The summed E-state index contributed by atoms with van der Waals surface area (Å²) in [5.41, 5.74) is 1.12. The van der Waals surface area contributed by atoms with Crippen molar-refractivity contribution in [2.24, 2.45) is 0 Å². The van der Waals surface area contributed by atoms with E-state index in [1.807, 2.05) is 0 Å². The summed E-state index contributed by atoms with van der Waals surface area (Å²) in [7, 11) is -3.93. The Morgan fingerprint density at radius 2 is 1.92 bits per heavy atom. The minimum atomic E-state index is -3.93. The fraction of sp³-hybridized carbons (Fsp3) is 0.125. The Hall–Kier alpha value is -2.58. The number of oxazole rings is 1. The molecule has 0 fully saturated rings. The van der Waals surface area contributed by atoms with Crippen molar-refractivity contribution >= 4 is 44.2 Å². The first kappa shape index (κ1) is 15.9. The highest BCUT2D eigenvalue weighted by Gasteiger charge is 2.32. The molecule has 0 amide bonds. The number of benzene rings is 2. The molecule has 25 heavy (non-hydrogen) atoms. The third kappa shape index (κ3) is 2.54. The van der Waals surface area contributed by atoms with Gasteiger partial charge in [0.15, 0.2) is 11.4 Å². The van der Waals surface area contributed by atoms with Crippen LogP contribution in [0.1, 0.15) is 16.8 Å². The number of ketones is 1. The molecule has 0 saturated carbocycles. The number of nitrogens with zero attached hydrogens (tertiary/aromatic N) is 1. The molecule has 1 aliphatic heterocycles. The Morgan fingerprint density at radius 1 is 1.12 bits per heavy atom. The highest BCUT2D eigenvalue weighted by Crippen LogP contribution is 2.34. The Morgan fingerprint density at radius 3 is 2.72 bits per heavy atom. The Labute approximate surface area is 146 Å². The van der Waals surface area contributed by atoms with E-state index >= 15 is 0 Å². The van der Waals surface area contributed by atoms with Gasteiger partial charge in [0.2, 0.25) is 0 Å². The predicted octanol–water partition coefficient (Wildman–Crippen LogP) is 2.56. The minimum absolute atomic E-state index is 0.0296. The predicted molar refractivity (Wildman–Crippen MR) is 91.8 cm³/mol. The van der Waals surface area contributed by atoms with Crippen LogP contribution in [0.4, 0.5) is 5.69 Å². The van der Waals surface area contributed by atoms with Crippen molar-refractivity contribution in [1.29, 1.82) is 0 Å². The number of nitrogens with one attached hydrogen (secondary N) is 1. The smallest absolute Gasteiger partial charge is 0.408 e. The number of hydrogen-bond acceptors (Lipinski definition) is 5. The maximum absolute atomic E-state index is 13.0. The lowest BCUT2D eigenvalue weighted by atomic mass is 10.0. The molecule has 1 aromatic heterocycles. The first-order valence-electron chi connectivity index (χ1n) is 7.34. The molecule has 0 aliphatic carbocycles. The van der Waals surface area contributed by atoms with Gasteiger partial charge in [0.05, 0.1) is 16.1 Å². The molecule has 128 valence electrons. The molecule has 2 aromatic carbocycles. The fourth-order valence-electron chi connectivity index (χ4n) is 2.87. The number of aromatic amines is 1. The molecule has 0 bridgehead atoms. The number of H-pyrrole nitrogens is 1. The maximum Gasteiger partial charge on any atom is 0.417 e. The average Bonchev–Trinajstić information content (AvgIpc) is 2.94. The van der Waals surface area contributed by atoms with Crippen LogP contribution >= 0.6 is 11.6 Å². The van der Waals surface area contributed by atoms with Crippen LogP contribution in [0, 0.1) is 0 Å². The van der Waals surface area contributed by atoms with E-state index in [-0.39, 0.29) is 40.5 Å². The Balaban J connectivity index is 1.86. The first-order chi connectivity index (χ1) is 11.9. The van der Waals surface area contributed by atoms with Crippen molar-refractivity contribution in [1.82, 2.24) is 4.98 Å². The van der Waals surface area contributed by atoms with E-state index in [1.165, 1.54) is 40.7 Å². The summed E-state index contributed by atoms with van der Waals surface area (Å²) in [6.07, 6.45) is 0.0635. The van der Waals surface area contributed by atoms with Crippen LogP contribution in [0.25, 0.3) is 11.1 Å². The number of carbonyl (C=O) groups excluding carboxylic acids is 1. The maximum atomic E-state index is 13.0. The molecule has 1 N–H and O–H groups in total. The van der Waals surface area contributed by atoms with Gasteiger partial charge in [0.1, 0.15) is 0 Å². The molecular formula is C16H11ClN2O5S. The number of sulfonamides is 1. The number of Topliss-reactive ketones (excluding diaryl/α,β-unsaturated/α-hetero) is 1. The molecule has 0 saturated heterocycles. The normalized spacial score (nSPS) is 14.8. The minimum Gasteiger partial charge on any atom is -0.408 e. The summed E-state index contributed by atoms with van der Waals surface area (Å²) < 4.78 is 32.2. The average molecular weight is 379 g/mol. The summed E-state index contributed by atoms with van der Waals surface area (Å²) in [4.78, 5) is 25.8. The quantitative estimate of drug-likeness (QED) is 0.738. The summed E-state index contributed by atoms with van der Waals surface area (Å²) >= 11 is 5.92. The Kier molecular flexibility index (Phi) is 3.48. The topological polar surface area (TPSA) is 100 Å². The van der Waals surface area contributed by atoms with Gasteiger partial charge in [-0.15, -0.1) is 0 Å². The van der Waals surface area contributed by atoms with Crippen LogP contribution in [-0.4, -0.2) is 25.7 Å². The lowest BCUT2D eigenvalue weighted by Crippen LogP contribution is -2.37. The zero-order valence-corrected chi connectivity index (χ0v) is 14.2. The molecule has 1 aliphatic rings. The van der Waals surface area contributed by atoms with Crippen molar-refractivity contribution in [3.8, 4) is 0 Å². The Bertz CT molecular complexity index is 1180. The van der Waals surface area contributed by atoms with Crippen LogP contribution in [-0.2, 0) is 10.0 Å². The van der Waals surface area contributed by atoms with Gasteiger partial charge in [0, 0.05) is 29.6 Å². The lowest BCUT2D eigenvalue weighted by molar-refractivity contribution is 0.0982. The van der Waals surface area contributed by atoms with Crippen LogP contribution < -0.4 is 10.1 Å². The van der Waals surface area contributed by atoms with Gasteiger partial charge in [-0.3, -0.25) is 14.1 Å². The van der Waals surface area contributed by atoms with Crippen molar-refractivity contribution in [3.63, 3.8) is 0 Å². The van der Waals surface area contributed by atoms with Gasteiger partial charge < -0.3 is 4.42 Å². The van der Waals surface area contributed by atoms with E-state index in [2.05, 4.69) is 4.98 Å². The van der Waals surface area contributed by atoms with Crippen LogP contribution in [0.5, 0.6) is 0 Å². The first-order valence-corrected chi connectivity index (χ1v) is 9.16. The van der Waals surface area contributed by atoms with Crippen molar-refractivity contribution in [2.75, 3.05) is 10.8 Å². The number of fused-ring (bicyclic) bond motifs is 2. The van der Waals surface area contributed by atoms with E-state index in [9.17, 15) is 18.0 Å². The zero-order valence-electron chi connectivity index (χ0n) is 12.7. The molecule has 9 heteroatoms. The van der Waals surface area contributed by atoms with Crippen molar-refractivity contribution < 1.29 is 17.6 Å². The van der Waals surface area contributed by atoms with Crippen molar-refractivity contribution in [2.45, 2.75) is 11.3 Å². The molecule has 0 spiro atoms. The monoisotopic (exact) mass is 378 g/mol. The van der Waals surface area contributed by atoms with Gasteiger partial charge in [-0.25, -0.2) is 13.2 Å². The molecule has 7 nitrogen and oxygen atoms in total. The van der Waals surface area contributed by atoms with Gasteiger partial charge in [-0.1, -0.05) is 11.6 Å². The number of anilines is 1. The molecule has 0 atom stereocenters. The summed E-state index contributed by atoms with van der Waals surface area (Å²) in [6.45, 7) is 0.0327. The molecule has 2 heterocycles. The van der Waals surface area contributed by atoms with Gasteiger partial charge in [-0.05, 0) is 30.3 Å². The van der Waals surface area contributed by atoms with E-state index in [1.54, 1.807) is 0 Å². The molecule has 0 unspecified atom stereocenters. The number of hydrogen-bond donors (Lipinski definition) is 1. The SMILES string of the molecule is O=C1CCN(S(=O)(=O)c2ccc3[nH]c(=O)oc3c2)c2ccc(Cl)cc21. The lowest BCUT2D eigenvalue weighted by Gasteiger charge is -2.29. The van der Waals surface area contributed by atoms with Gasteiger partial charge in [0.25, 0.3) is 10.0 Å². The summed E-state index contributed by atoms with van der Waals surface area (Å²) in [6, 6.07) is 8.65. The second-order valence-corrected chi connectivity index (χ2v) is 7.88. The standard InChI is InChI=1S/C16H11ClN2O5S/c17-9-1-4-13-11(7-9)14(20)5-6-19(13)25(22,23)10-2-3-12-15(8-10)24-16(21)18-12/h1-4,7-8H,5-6H2,(H,18,21). The second-order valence-electron chi connectivity index (χ2n) is 5.58. The zero-order chi connectivity index (χ0) is 17.8. The third-order valence-corrected chi connectivity index (χ3v) is 6.09. The van der Waals surface area contributed by atoms with Gasteiger partial charge in [-0.2, -0.15) is 0 Å². The van der Waals surface area contributed by atoms with E-state index < -0.39 is 15.8 Å². The second kappa shape index (κ2) is 5.47. The fourth-order valence-corrected chi connectivity index (χ4v) is 4.54. The molecule has 0 radical (unpaired) electrons. The highest BCUT2D eigenvalue weighted by atomic mass is 35.5. The molecule has 4 rings (SSSR count). The summed E-state index contributed by atoms with van der Waals surface area (Å²) in [5.74, 6) is -0.816. The van der Waals surface area contributed by atoms with Crippen LogP contribution in [0.3, 0.4) is 0 Å². The van der Waals surface area contributed by atoms with E-state index in [0.29, 0.717) is 10.5 Å². The highest BCUT2D eigenvalue weighted by molar-refractivity contribution is 7.92. The number of halogens is 1. The molecular weight excluding hydrogens is 368 g/mol.